The van der Waals surface area contributed by atoms with E-state index < -0.39 is 0 Å². The van der Waals surface area contributed by atoms with E-state index in [9.17, 15) is 0 Å². The highest BCUT2D eigenvalue weighted by Crippen LogP contribution is 2.55. The van der Waals surface area contributed by atoms with Gasteiger partial charge in [0.25, 0.3) is 0 Å². The molecule has 5 rings (SSSR count). The van der Waals surface area contributed by atoms with Crippen LogP contribution in [-0.4, -0.2) is 12.1 Å². The molecule has 1 aromatic carbocycles. The molecule has 1 saturated heterocycles. The molecule has 4 aliphatic rings. The molecule has 2 nitrogen and oxygen atoms in total. The van der Waals surface area contributed by atoms with Gasteiger partial charge in [0, 0.05) is 23.7 Å². The summed E-state index contributed by atoms with van der Waals surface area (Å²) in [5.74, 6) is 2.27. The molecule has 1 N–H and O–H groups in total. The van der Waals surface area contributed by atoms with E-state index in [1.54, 1.807) is 0 Å². The maximum atomic E-state index is 7.34. The standard InChI is InChI=1S/C24H35NO.ClH/c1-3-9-19(10-4-1)24(20-11-5-2-6-12-20)16-15-18-17-25-22-14-8-7-13-21(22)23(18)26-24;/h7-8,13-14,18-20,23,25H,1-6,9-12,15-17H2;1H. The SMILES string of the molecule is Cl.c1ccc2c(c1)NCC1CCC(C3CCCCC3)(C3CCCCC3)OC21. The summed E-state index contributed by atoms with van der Waals surface area (Å²) in [6, 6.07) is 8.91. The predicted octanol–water partition coefficient (Wildman–Crippen LogP) is 6.90. The first-order chi connectivity index (χ1) is 12.9. The third-order valence-corrected chi connectivity index (χ3v) is 8.09. The first kappa shape index (κ1) is 19.6. The van der Waals surface area contributed by atoms with Crippen molar-refractivity contribution in [1.82, 2.24) is 0 Å². The summed E-state index contributed by atoms with van der Waals surface area (Å²) in [7, 11) is 0. The number of ether oxygens (including phenoxy) is 1. The number of benzene rings is 1. The number of rotatable bonds is 2. The Morgan fingerprint density at radius 1 is 0.815 bits per heavy atom. The van der Waals surface area contributed by atoms with Crippen LogP contribution in [0, 0.1) is 17.8 Å². The van der Waals surface area contributed by atoms with E-state index in [0.29, 0.717) is 12.0 Å². The van der Waals surface area contributed by atoms with Crippen LogP contribution in [0.3, 0.4) is 0 Å². The van der Waals surface area contributed by atoms with Gasteiger partial charge >= 0.3 is 0 Å². The van der Waals surface area contributed by atoms with Crippen molar-refractivity contribution in [3.05, 3.63) is 29.8 Å². The van der Waals surface area contributed by atoms with Crippen molar-refractivity contribution < 1.29 is 4.74 Å². The quantitative estimate of drug-likeness (QED) is 0.593. The van der Waals surface area contributed by atoms with Crippen LogP contribution in [0.25, 0.3) is 0 Å². The second kappa shape index (κ2) is 8.33. The number of halogens is 1. The minimum Gasteiger partial charge on any atom is -0.384 e. The largest absolute Gasteiger partial charge is 0.384 e. The molecular weight excluding hydrogens is 354 g/mol. The smallest absolute Gasteiger partial charge is 0.0897 e. The average Bonchev–Trinajstić information content (AvgIpc) is 2.74. The van der Waals surface area contributed by atoms with Gasteiger partial charge in [0.2, 0.25) is 0 Å². The number of anilines is 1. The molecule has 27 heavy (non-hydrogen) atoms. The molecular formula is C24H36ClNO. The van der Waals surface area contributed by atoms with E-state index in [1.807, 2.05) is 0 Å². The molecule has 1 aromatic rings. The molecule has 2 saturated carbocycles. The van der Waals surface area contributed by atoms with Crippen molar-refractivity contribution in [1.29, 1.82) is 0 Å². The fourth-order valence-corrected chi connectivity index (χ4v) is 6.74. The van der Waals surface area contributed by atoms with Gasteiger partial charge in [0.15, 0.2) is 0 Å². The second-order valence-corrected chi connectivity index (χ2v) is 9.43. The van der Waals surface area contributed by atoms with E-state index >= 15 is 0 Å². The lowest BCUT2D eigenvalue weighted by atomic mass is 9.62. The van der Waals surface area contributed by atoms with Gasteiger partial charge in [-0.25, -0.2) is 0 Å². The summed E-state index contributed by atoms with van der Waals surface area (Å²) in [5, 5.41) is 3.67. The fraction of sp³-hybridized carbons (Fsp3) is 0.750. The van der Waals surface area contributed by atoms with Crippen molar-refractivity contribution >= 4 is 18.1 Å². The minimum atomic E-state index is 0. The molecule has 150 valence electrons. The number of hydrogen-bond donors (Lipinski definition) is 1. The van der Waals surface area contributed by atoms with E-state index in [4.69, 9.17) is 4.74 Å². The van der Waals surface area contributed by atoms with Crippen LogP contribution >= 0.6 is 12.4 Å². The average molecular weight is 390 g/mol. The van der Waals surface area contributed by atoms with E-state index in [2.05, 4.69) is 29.6 Å². The van der Waals surface area contributed by atoms with Crippen LogP contribution in [0.5, 0.6) is 0 Å². The van der Waals surface area contributed by atoms with Crippen LogP contribution in [0.15, 0.2) is 24.3 Å². The van der Waals surface area contributed by atoms with Gasteiger partial charge in [-0.2, -0.15) is 0 Å². The molecule has 2 aliphatic carbocycles. The molecule has 0 aromatic heterocycles. The number of nitrogens with one attached hydrogen (secondary N) is 1. The van der Waals surface area contributed by atoms with Crippen molar-refractivity contribution in [2.75, 3.05) is 11.9 Å². The number of fused-ring (bicyclic) bond motifs is 3. The lowest BCUT2D eigenvalue weighted by Crippen LogP contribution is -2.54. The van der Waals surface area contributed by atoms with Gasteiger partial charge < -0.3 is 10.1 Å². The highest BCUT2D eigenvalue weighted by molar-refractivity contribution is 5.85. The molecule has 2 aliphatic heterocycles. The zero-order valence-electron chi connectivity index (χ0n) is 16.6. The van der Waals surface area contributed by atoms with Crippen LogP contribution < -0.4 is 5.32 Å². The molecule has 3 heteroatoms. The Kier molecular flexibility index (Phi) is 6.04. The van der Waals surface area contributed by atoms with E-state index in [-0.39, 0.29) is 18.0 Å². The van der Waals surface area contributed by atoms with Gasteiger partial charge in [-0.3, -0.25) is 0 Å². The Hall–Kier alpha value is -0.730. The zero-order valence-corrected chi connectivity index (χ0v) is 17.4. The fourth-order valence-electron chi connectivity index (χ4n) is 6.74. The van der Waals surface area contributed by atoms with Crippen LogP contribution in [0.2, 0.25) is 0 Å². The van der Waals surface area contributed by atoms with Gasteiger partial charge in [0.05, 0.1) is 11.7 Å². The van der Waals surface area contributed by atoms with Gasteiger partial charge in [0.1, 0.15) is 0 Å². The highest BCUT2D eigenvalue weighted by atomic mass is 35.5. The summed E-state index contributed by atoms with van der Waals surface area (Å²) < 4.78 is 7.34. The first-order valence-corrected chi connectivity index (χ1v) is 11.4. The highest BCUT2D eigenvalue weighted by Gasteiger charge is 2.52. The summed E-state index contributed by atoms with van der Waals surface area (Å²) in [6.45, 7) is 1.09. The second-order valence-electron chi connectivity index (χ2n) is 9.43. The Balaban J connectivity index is 0.00000180. The van der Waals surface area contributed by atoms with Gasteiger partial charge in [-0.05, 0) is 56.4 Å². The summed E-state index contributed by atoms with van der Waals surface area (Å²) in [6.07, 6.45) is 17.2. The monoisotopic (exact) mass is 389 g/mol. The Morgan fingerprint density at radius 3 is 2.11 bits per heavy atom. The predicted molar refractivity (Wildman–Crippen MR) is 115 cm³/mol. The van der Waals surface area contributed by atoms with Crippen molar-refractivity contribution in [3.8, 4) is 0 Å². The Bertz CT molecular complexity index is 603. The topological polar surface area (TPSA) is 21.3 Å². The molecule has 2 unspecified atom stereocenters. The van der Waals surface area contributed by atoms with Crippen LogP contribution in [0.1, 0.15) is 88.7 Å². The molecule has 0 amide bonds. The molecule has 0 radical (unpaired) electrons. The molecule has 0 spiro atoms. The van der Waals surface area contributed by atoms with Gasteiger partial charge in [-0.15, -0.1) is 12.4 Å². The molecule has 0 bridgehead atoms. The first-order valence-electron chi connectivity index (χ1n) is 11.4. The Labute approximate surface area is 171 Å². The summed E-state index contributed by atoms with van der Waals surface area (Å²) >= 11 is 0. The lowest BCUT2D eigenvalue weighted by molar-refractivity contribution is -0.219. The van der Waals surface area contributed by atoms with E-state index in [1.165, 1.54) is 88.3 Å². The third kappa shape index (κ3) is 3.53. The van der Waals surface area contributed by atoms with Gasteiger partial charge in [-0.1, -0.05) is 56.7 Å². The van der Waals surface area contributed by atoms with Crippen molar-refractivity contribution in [3.63, 3.8) is 0 Å². The summed E-state index contributed by atoms with van der Waals surface area (Å²) in [5.41, 5.74) is 2.92. The Morgan fingerprint density at radius 2 is 1.44 bits per heavy atom. The van der Waals surface area contributed by atoms with Crippen LogP contribution in [-0.2, 0) is 4.74 Å². The van der Waals surface area contributed by atoms with E-state index in [0.717, 1.165) is 18.4 Å². The number of hydrogen-bond acceptors (Lipinski definition) is 2. The van der Waals surface area contributed by atoms with Crippen molar-refractivity contribution in [2.24, 2.45) is 17.8 Å². The molecule has 3 fully saturated rings. The summed E-state index contributed by atoms with van der Waals surface area (Å²) in [4.78, 5) is 0. The maximum Gasteiger partial charge on any atom is 0.0897 e. The van der Waals surface area contributed by atoms with Crippen LogP contribution in [0.4, 0.5) is 5.69 Å². The maximum absolute atomic E-state index is 7.34. The van der Waals surface area contributed by atoms with Crippen molar-refractivity contribution in [2.45, 2.75) is 88.8 Å². The molecule has 2 heterocycles. The zero-order chi connectivity index (χ0) is 17.4. The number of para-hydroxylation sites is 1. The lowest BCUT2D eigenvalue weighted by Gasteiger charge is -2.56. The normalized spacial score (nSPS) is 31.1. The third-order valence-electron chi connectivity index (χ3n) is 8.09. The molecule has 2 atom stereocenters. The minimum absolute atomic E-state index is 0.